The number of nitrogens with zero attached hydrogens (tertiary/aromatic N) is 1. The maximum Gasteiger partial charge on any atom is 0.253 e. The van der Waals surface area contributed by atoms with E-state index in [0.717, 1.165) is 5.56 Å². The second-order valence-corrected chi connectivity index (χ2v) is 5.89. The monoisotopic (exact) mass is 412 g/mol. The fourth-order valence-corrected chi connectivity index (χ4v) is 2.28. The fraction of sp³-hybridized carbons (Fsp3) is 0.316. The van der Waals surface area contributed by atoms with Crippen molar-refractivity contribution in [1.29, 1.82) is 0 Å². The number of nitrogens with one attached hydrogen (secondary N) is 3. The van der Waals surface area contributed by atoms with Gasteiger partial charge in [0.1, 0.15) is 6.04 Å². The minimum Gasteiger partial charge on any atom is -0.353 e. The molecule has 1 aromatic carbocycles. The van der Waals surface area contributed by atoms with Crippen LogP contribution in [0.1, 0.15) is 22.8 Å². The largest absolute Gasteiger partial charge is 0.353 e. The summed E-state index contributed by atoms with van der Waals surface area (Å²) in [6.07, 6.45) is 3.51. The standard InChI is InChI=1S/C19H24N4O2.2ClH/c1-14(20-2)12-22-19(25)17(11-15-7-4-3-5-8-15)23-18(24)16-9-6-10-21-13-16;;/h3-10,13-14,17,20H,11-12H2,1-2H3,(H,22,25)(H,23,24);2*1H. The van der Waals surface area contributed by atoms with Gasteiger partial charge in [-0.25, -0.2) is 0 Å². The van der Waals surface area contributed by atoms with E-state index in [0.29, 0.717) is 18.5 Å². The smallest absolute Gasteiger partial charge is 0.253 e. The van der Waals surface area contributed by atoms with Gasteiger partial charge >= 0.3 is 0 Å². The first-order valence-electron chi connectivity index (χ1n) is 8.30. The van der Waals surface area contributed by atoms with E-state index in [1.807, 2.05) is 44.3 Å². The molecule has 2 atom stereocenters. The quantitative estimate of drug-likeness (QED) is 0.618. The molecule has 8 heteroatoms. The summed E-state index contributed by atoms with van der Waals surface area (Å²) in [6, 6.07) is 12.5. The number of carbonyl (C=O) groups excluding carboxylic acids is 2. The zero-order valence-corrected chi connectivity index (χ0v) is 17.0. The molecule has 2 amide bonds. The summed E-state index contributed by atoms with van der Waals surface area (Å²) in [6.45, 7) is 2.46. The van der Waals surface area contributed by atoms with Crippen LogP contribution < -0.4 is 16.0 Å². The van der Waals surface area contributed by atoms with Crippen molar-refractivity contribution in [2.75, 3.05) is 13.6 Å². The van der Waals surface area contributed by atoms with E-state index >= 15 is 0 Å². The fourth-order valence-electron chi connectivity index (χ4n) is 2.28. The molecular formula is C19H26Cl2N4O2. The Labute approximate surface area is 172 Å². The van der Waals surface area contributed by atoms with Crippen LogP contribution in [0, 0.1) is 0 Å². The Hall–Kier alpha value is -2.15. The third kappa shape index (κ3) is 8.39. The second-order valence-electron chi connectivity index (χ2n) is 5.89. The average Bonchev–Trinajstić information content (AvgIpc) is 2.66. The number of halogens is 2. The molecule has 0 aliphatic carbocycles. The van der Waals surface area contributed by atoms with Gasteiger partial charge < -0.3 is 16.0 Å². The number of hydrogen-bond acceptors (Lipinski definition) is 4. The van der Waals surface area contributed by atoms with E-state index in [2.05, 4.69) is 20.9 Å². The molecule has 3 N–H and O–H groups in total. The van der Waals surface area contributed by atoms with E-state index < -0.39 is 6.04 Å². The molecule has 0 spiro atoms. The van der Waals surface area contributed by atoms with Gasteiger partial charge in [0, 0.05) is 31.4 Å². The van der Waals surface area contributed by atoms with E-state index in [1.54, 1.807) is 18.3 Å². The average molecular weight is 413 g/mol. The highest BCUT2D eigenvalue weighted by Crippen LogP contribution is 2.05. The minimum atomic E-state index is -0.654. The van der Waals surface area contributed by atoms with Gasteiger partial charge in [0.25, 0.3) is 5.91 Å². The number of benzene rings is 1. The van der Waals surface area contributed by atoms with Crippen LogP contribution in [0.15, 0.2) is 54.9 Å². The van der Waals surface area contributed by atoms with Crippen molar-refractivity contribution in [3.05, 3.63) is 66.0 Å². The van der Waals surface area contributed by atoms with Crippen LogP contribution >= 0.6 is 24.8 Å². The lowest BCUT2D eigenvalue weighted by Gasteiger charge is -2.20. The van der Waals surface area contributed by atoms with Crippen molar-refractivity contribution in [2.24, 2.45) is 0 Å². The van der Waals surface area contributed by atoms with Gasteiger partial charge in [0.15, 0.2) is 0 Å². The summed E-state index contributed by atoms with van der Waals surface area (Å²) >= 11 is 0. The van der Waals surface area contributed by atoms with Crippen LogP contribution in [0.2, 0.25) is 0 Å². The Morgan fingerprint density at radius 3 is 2.37 bits per heavy atom. The lowest BCUT2D eigenvalue weighted by Crippen LogP contribution is -2.50. The number of amides is 2. The molecule has 148 valence electrons. The maximum absolute atomic E-state index is 12.6. The molecule has 0 saturated carbocycles. The van der Waals surface area contributed by atoms with Crippen molar-refractivity contribution < 1.29 is 9.59 Å². The van der Waals surface area contributed by atoms with E-state index in [-0.39, 0.29) is 42.7 Å². The topological polar surface area (TPSA) is 83.1 Å². The highest BCUT2D eigenvalue weighted by atomic mass is 35.5. The number of hydrogen-bond donors (Lipinski definition) is 3. The number of carbonyl (C=O) groups is 2. The Balaban J connectivity index is 0.00000338. The van der Waals surface area contributed by atoms with Crippen LogP contribution in [0.5, 0.6) is 0 Å². The molecule has 0 aliphatic rings. The van der Waals surface area contributed by atoms with E-state index in [9.17, 15) is 9.59 Å². The predicted octanol–water partition coefficient (Wildman–Crippen LogP) is 1.99. The molecule has 2 unspecified atom stereocenters. The molecular weight excluding hydrogens is 387 g/mol. The number of rotatable bonds is 8. The zero-order valence-electron chi connectivity index (χ0n) is 15.3. The molecule has 6 nitrogen and oxygen atoms in total. The third-order valence-electron chi connectivity index (χ3n) is 3.90. The van der Waals surface area contributed by atoms with Crippen molar-refractivity contribution in [2.45, 2.75) is 25.4 Å². The lowest BCUT2D eigenvalue weighted by atomic mass is 10.0. The molecule has 2 rings (SSSR count). The Morgan fingerprint density at radius 2 is 1.78 bits per heavy atom. The van der Waals surface area contributed by atoms with Crippen LogP contribution in [0.4, 0.5) is 0 Å². The summed E-state index contributed by atoms with van der Waals surface area (Å²) in [5, 5.41) is 8.76. The normalized spacial score (nSPS) is 11.9. The summed E-state index contributed by atoms with van der Waals surface area (Å²) in [5.74, 6) is -0.519. The number of aromatic nitrogens is 1. The molecule has 0 fully saturated rings. The molecule has 0 aliphatic heterocycles. The van der Waals surface area contributed by atoms with Crippen LogP contribution in [0.25, 0.3) is 0 Å². The molecule has 0 radical (unpaired) electrons. The first kappa shape index (κ1) is 24.8. The number of likely N-dealkylation sites (N-methyl/N-ethyl adjacent to an activating group) is 1. The van der Waals surface area contributed by atoms with Crippen LogP contribution in [-0.2, 0) is 11.2 Å². The van der Waals surface area contributed by atoms with E-state index in [1.165, 1.54) is 6.20 Å². The van der Waals surface area contributed by atoms with Gasteiger partial charge in [-0.3, -0.25) is 14.6 Å². The van der Waals surface area contributed by atoms with Crippen molar-refractivity contribution >= 4 is 36.6 Å². The summed E-state index contributed by atoms with van der Waals surface area (Å²) in [4.78, 5) is 28.9. The molecule has 0 saturated heterocycles. The first-order chi connectivity index (χ1) is 12.1. The van der Waals surface area contributed by atoms with Gasteiger partial charge in [-0.15, -0.1) is 24.8 Å². The highest BCUT2D eigenvalue weighted by molar-refractivity contribution is 5.97. The predicted molar refractivity (Wildman–Crippen MR) is 112 cm³/mol. The van der Waals surface area contributed by atoms with Crippen LogP contribution in [0.3, 0.4) is 0 Å². The second kappa shape index (κ2) is 13.1. The molecule has 1 aromatic heterocycles. The maximum atomic E-state index is 12.6. The van der Waals surface area contributed by atoms with Gasteiger partial charge in [-0.05, 0) is 31.7 Å². The van der Waals surface area contributed by atoms with Gasteiger partial charge in [0.05, 0.1) is 5.56 Å². The minimum absolute atomic E-state index is 0. The Kier molecular flexibility index (Phi) is 12.0. The zero-order chi connectivity index (χ0) is 18.1. The molecule has 0 bridgehead atoms. The SMILES string of the molecule is CNC(C)CNC(=O)C(Cc1ccccc1)NC(=O)c1cccnc1.Cl.Cl. The van der Waals surface area contributed by atoms with Gasteiger partial charge in [-0.2, -0.15) is 0 Å². The Bertz CT molecular complexity index is 687. The lowest BCUT2D eigenvalue weighted by molar-refractivity contribution is -0.123. The Morgan fingerprint density at radius 1 is 1.07 bits per heavy atom. The van der Waals surface area contributed by atoms with Crippen molar-refractivity contribution in [1.82, 2.24) is 20.9 Å². The highest BCUT2D eigenvalue weighted by Gasteiger charge is 2.22. The van der Waals surface area contributed by atoms with Crippen molar-refractivity contribution in [3.8, 4) is 0 Å². The third-order valence-corrected chi connectivity index (χ3v) is 3.90. The summed E-state index contributed by atoms with van der Waals surface area (Å²) in [7, 11) is 1.84. The summed E-state index contributed by atoms with van der Waals surface area (Å²) < 4.78 is 0. The molecule has 27 heavy (non-hydrogen) atoms. The number of pyridine rings is 1. The summed E-state index contributed by atoms with van der Waals surface area (Å²) in [5.41, 5.74) is 1.41. The first-order valence-corrected chi connectivity index (χ1v) is 8.30. The van der Waals surface area contributed by atoms with Gasteiger partial charge in [0.2, 0.25) is 5.91 Å². The molecule has 1 heterocycles. The van der Waals surface area contributed by atoms with Gasteiger partial charge in [-0.1, -0.05) is 30.3 Å². The molecule has 2 aromatic rings. The van der Waals surface area contributed by atoms with Crippen LogP contribution in [-0.4, -0.2) is 42.5 Å². The van der Waals surface area contributed by atoms with Crippen molar-refractivity contribution in [3.63, 3.8) is 0 Å². The van der Waals surface area contributed by atoms with E-state index in [4.69, 9.17) is 0 Å².